The zero-order valence-electron chi connectivity index (χ0n) is 10.5. The standard InChI is InChI=1S/C11H14N2O5S/c1-17-9-4-3-7(5-10(9)18-2)19(15,16)13-6-8(13)11(12)14/h3-5,8H,6H2,1-2H3,(H2,12,14). The lowest BCUT2D eigenvalue weighted by Crippen LogP contribution is -2.24. The minimum Gasteiger partial charge on any atom is -0.493 e. The second kappa shape index (κ2) is 4.71. The number of hydrogen-bond acceptors (Lipinski definition) is 5. The Labute approximate surface area is 110 Å². The number of benzene rings is 1. The van der Waals surface area contributed by atoms with Crippen molar-refractivity contribution in [1.82, 2.24) is 4.31 Å². The van der Waals surface area contributed by atoms with Gasteiger partial charge in [0, 0.05) is 12.6 Å². The van der Waals surface area contributed by atoms with Crippen LogP contribution in [0.2, 0.25) is 0 Å². The van der Waals surface area contributed by atoms with Gasteiger partial charge in [0.15, 0.2) is 11.5 Å². The highest BCUT2D eigenvalue weighted by molar-refractivity contribution is 7.89. The molecule has 1 fully saturated rings. The van der Waals surface area contributed by atoms with Gasteiger partial charge in [-0.3, -0.25) is 4.79 Å². The SMILES string of the molecule is COc1ccc(S(=O)(=O)N2CC2C(N)=O)cc1OC. The molecule has 1 aliphatic rings. The third-order valence-corrected chi connectivity index (χ3v) is 4.73. The smallest absolute Gasteiger partial charge is 0.244 e. The molecular formula is C11H14N2O5S. The predicted octanol–water partition coefficient (Wildman–Crippen LogP) is -0.438. The van der Waals surface area contributed by atoms with Crippen molar-refractivity contribution in [1.29, 1.82) is 0 Å². The van der Waals surface area contributed by atoms with Gasteiger partial charge in [0.25, 0.3) is 0 Å². The maximum absolute atomic E-state index is 12.2. The van der Waals surface area contributed by atoms with Crippen LogP contribution < -0.4 is 15.2 Å². The molecule has 2 rings (SSSR count). The number of carbonyl (C=O) groups is 1. The molecule has 0 radical (unpaired) electrons. The first-order chi connectivity index (χ1) is 8.91. The molecule has 1 aromatic rings. The fourth-order valence-corrected chi connectivity index (χ4v) is 3.28. The summed E-state index contributed by atoms with van der Waals surface area (Å²) in [5, 5.41) is 0. The number of hydrogen-bond donors (Lipinski definition) is 1. The monoisotopic (exact) mass is 286 g/mol. The van der Waals surface area contributed by atoms with Crippen LogP contribution in [0.1, 0.15) is 0 Å². The Morgan fingerprint density at radius 2 is 1.95 bits per heavy atom. The second-order valence-corrected chi connectivity index (χ2v) is 5.90. The van der Waals surface area contributed by atoms with Crippen molar-refractivity contribution in [3.05, 3.63) is 18.2 Å². The Balaban J connectivity index is 2.35. The molecule has 2 N–H and O–H groups in total. The zero-order valence-corrected chi connectivity index (χ0v) is 11.3. The van der Waals surface area contributed by atoms with E-state index in [9.17, 15) is 13.2 Å². The van der Waals surface area contributed by atoms with Crippen molar-refractivity contribution in [2.45, 2.75) is 10.9 Å². The van der Waals surface area contributed by atoms with E-state index < -0.39 is 22.0 Å². The van der Waals surface area contributed by atoms with E-state index in [0.717, 1.165) is 4.31 Å². The normalized spacial score (nSPS) is 21.8. The van der Waals surface area contributed by atoms with Crippen molar-refractivity contribution in [2.24, 2.45) is 5.73 Å². The molecule has 0 bridgehead atoms. The van der Waals surface area contributed by atoms with Gasteiger partial charge in [-0.25, -0.2) is 8.42 Å². The first-order valence-corrected chi connectivity index (χ1v) is 6.89. The summed E-state index contributed by atoms with van der Waals surface area (Å²) in [4.78, 5) is 11.0. The van der Waals surface area contributed by atoms with E-state index in [1.165, 1.54) is 32.4 Å². The lowest BCUT2D eigenvalue weighted by atomic mass is 10.3. The molecule has 0 saturated carbocycles. The van der Waals surface area contributed by atoms with Crippen LogP contribution in [0.15, 0.2) is 23.1 Å². The number of methoxy groups -OCH3 is 2. The van der Waals surface area contributed by atoms with Gasteiger partial charge in [0.2, 0.25) is 15.9 Å². The third kappa shape index (κ3) is 2.36. The molecular weight excluding hydrogens is 272 g/mol. The first kappa shape index (κ1) is 13.6. The molecule has 19 heavy (non-hydrogen) atoms. The number of ether oxygens (including phenoxy) is 2. The third-order valence-electron chi connectivity index (χ3n) is 2.86. The van der Waals surface area contributed by atoms with E-state index in [1.54, 1.807) is 0 Å². The molecule has 2 atom stereocenters. The summed E-state index contributed by atoms with van der Waals surface area (Å²) in [6.45, 7) is 0.117. The van der Waals surface area contributed by atoms with Crippen LogP contribution in [0.25, 0.3) is 0 Å². The summed E-state index contributed by atoms with van der Waals surface area (Å²) >= 11 is 0. The van der Waals surface area contributed by atoms with Gasteiger partial charge in [0.1, 0.15) is 6.04 Å². The fourth-order valence-electron chi connectivity index (χ4n) is 1.73. The molecule has 104 valence electrons. The molecule has 1 heterocycles. The fraction of sp³-hybridized carbons (Fsp3) is 0.364. The highest BCUT2D eigenvalue weighted by atomic mass is 32.2. The van der Waals surface area contributed by atoms with Gasteiger partial charge >= 0.3 is 0 Å². The summed E-state index contributed by atoms with van der Waals surface area (Å²) in [6, 6.07) is 3.49. The van der Waals surface area contributed by atoms with Crippen molar-refractivity contribution in [3.8, 4) is 11.5 Å². The molecule has 1 saturated heterocycles. The number of rotatable bonds is 5. The van der Waals surface area contributed by atoms with E-state index in [-0.39, 0.29) is 11.4 Å². The van der Waals surface area contributed by atoms with E-state index in [1.807, 2.05) is 0 Å². The number of nitrogens with two attached hydrogens (primary N) is 1. The van der Waals surface area contributed by atoms with Crippen LogP contribution in [0, 0.1) is 0 Å². The van der Waals surface area contributed by atoms with Crippen LogP contribution >= 0.6 is 0 Å². The minimum absolute atomic E-state index is 0.0360. The molecule has 0 aromatic heterocycles. The lowest BCUT2D eigenvalue weighted by molar-refractivity contribution is -0.117. The maximum atomic E-state index is 12.2. The van der Waals surface area contributed by atoms with Crippen LogP contribution in [-0.4, -0.2) is 45.4 Å². The molecule has 2 unspecified atom stereocenters. The summed E-state index contributed by atoms with van der Waals surface area (Å²) in [5.41, 5.74) is 5.07. The first-order valence-electron chi connectivity index (χ1n) is 5.45. The van der Waals surface area contributed by atoms with Crippen molar-refractivity contribution in [2.75, 3.05) is 20.8 Å². The Bertz CT molecular complexity index is 614. The van der Waals surface area contributed by atoms with Crippen LogP contribution in [-0.2, 0) is 14.8 Å². The Kier molecular flexibility index (Phi) is 3.38. The molecule has 1 aliphatic heterocycles. The predicted molar refractivity (Wildman–Crippen MR) is 66.4 cm³/mol. The highest BCUT2D eigenvalue weighted by Crippen LogP contribution is 2.33. The quantitative estimate of drug-likeness (QED) is 0.740. The number of amides is 1. The topological polar surface area (TPSA) is 98.7 Å². The average Bonchev–Trinajstić information content (AvgIpc) is 3.18. The lowest BCUT2D eigenvalue weighted by Gasteiger charge is -2.10. The number of carbonyl (C=O) groups excluding carboxylic acids is 1. The van der Waals surface area contributed by atoms with Crippen LogP contribution in [0.4, 0.5) is 0 Å². The summed E-state index contributed by atoms with van der Waals surface area (Å²) < 4.78 is 35.5. The maximum Gasteiger partial charge on any atom is 0.244 e. The second-order valence-electron chi connectivity index (χ2n) is 4.01. The van der Waals surface area contributed by atoms with E-state index >= 15 is 0 Å². The zero-order chi connectivity index (χ0) is 14.2. The minimum atomic E-state index is -3.72. The van der Waals surface area contributed by atoms with Gasteiger partial charge in [-0.1, -0.05) is 0 Å². The molecule has 1 aromatic carbocycles. The Hall–Kier alpha value is -1.80. The van der Waals surface area contributed by atoms with E-state index in [4.69, 9.17) is 15.2 Å². The Morgan fingerprint density at radius 3 is 2.42 bits per heavy atom. The molecule has 0 spiro atoms. The van der Waals surface area contributed by atoms with E-state index in [2.05, 4.69) is 0 Å². The highest BCUT2D eigenvalue weighted by Gasteiger charge is 2.48. The number of sulfonamides is 1. The average molecular weight is 286 g/mol. The summed E-state index contributed by atoms with van der Waals surface area (Å²) in [6.07, 6.45) is 0. The largest absolute Gasteiger partial charge is 0.493 e. The molecule has 0 aliphatic carbocycles. The van der Waals surface area contributed by atoms with Crippen LogP contribution in [0.3, 0.4) is 0 Å². The molecule has 7 nitrogen and oxygen atoms in total. The van der Waals surface area contributed by atoms with Crippen molar-refractivity contribution >= 4 is 15.9 Å². The van der Waals surface area contributed by atoms with Gasteiger partial charge in [-0.15, -0.1) is 0 Å². The Morgan fingerprint density at radius 1 is 1.32 bits per heavy atom. The van der Waals surface area contributed by atoms with Gasteiger partial charge in [0.05, 0.1) is 19.1 Å². The van der Waals surface area contributed by atoms with E-state index in [0.29, 0.717) is 11.5 Å². The summed E-state index contributed by atoms with van der Waals surface area (Å²) in [7, 11) is -0.848. The van der Waals surface area contributed by atoms with Gasteiger partial charge < -0.3 is 15.2 Å². The molecule has 8 heteroatoms. The number of primary amides is 1. The van der Waals surface area contributed by atoms with Crippen molar-refractivity contribution in [3.63, 3.8) is 0 Å². The van der Waals surface area contributed by atoms with Crippen LogP contribution in [0.5, 0.6) is 11.5 Å². The van der Waals surface area contributed by atoms with Gasteiger partial charge in [-0.2, -0.15) is 4.31 Å². The van der Waals surface area contributed by atoms with Gasteiger partial charge in [-0.05, 0) is 12.1 Å². The van der Waals surface area contributed by atoms with Crippen molar-refractivity contribution < 1.29 is 22.7 Å². The molecule has 1 amide bonds. The summed E-state index contributed by atoms with van der Waals surface area (Å²) in [5.74, 6) is 0.0869. The number of nitrogens with zero attached hydrogens (tertiary/aromatic N) is 1.